The summed E-state index contributed by atoms with van der Waals surface area (Å²) in [6.07, 6.45) is 1.73. The number of aromatic nitrogens is 2. The summed E-state index contributed by atoms with van der Waals surface area (Å²) < 4.78 is 17.6. The van der Waals surface area contributed by atoms with Crippen LogP contribution in [0, 0.1) is 0 Å². The second-order valence-corrected chi connectivity index (χ2v) is 6.67. The van der Waals surface area contributed by atoms with E-state index >= 15 is 0 Å². The Hall–Kier alpha value is -3.59. The van der Waals surface area contributed by atoms with Gasteiger partial charge in [0.25, 0.3) is 11.8 Å². The summed E-state index contributed by atoms with van der Waals surface area (Å²) >= 11 is 0. The van der Waals surface area contributed by atoms with Crippen LogP contribution in [0.25, 0.3) is 5.52 Å². The highest BCUT2D eigenvalue weighted by Crippen LogP contribution is 2.34. The molecule has 0 bridgehead atoms. The lowest BCUT2D eigenvalue weighted by molar-refractivity contribution is 0.0294. The van der Waals surface area contributed by atoms with Gasteiger partial charge in [-0.2, -0.15) is 0 Å². The van der Waals surface area contributed by atoms with Crippen LogP contribution >= 0.6 is 0 Å². The Labute approximate surface area is 165 Å². The van der Waals surface area contributed by atoms with Crippen LogP contribution in [0.1, 0.15) is 21.1 Å². The maximum absolute atomic E-state index is 13.0. The molecule has 1 saturated heterocycles. The van der Waals surface area contributed by atoms with Crippen LogP contribution in [0.4, 0.5) is 5.69 Å². The molecule has 1 fully saturated rings. The number of carbonyl (C=O) groups is 2. The number of benzene rings is 1. The summed E-state index contributed by atoms with van der Waals surface area (Å²) in [6, 6.07) is 10.5. The van der Waals surface area contributed by atoms with Crippen molar-refractivity contribution in [2.45, 2.75) is 0 Å². The molecular weight excluding hydrogens is 376 g/mol. The Morgan fingerprint density at radius 3 is 2.72 bits per heavy atom. The maximum Gasteiger partial charge on any atom is 0.290 e. The van der Waals surface area contributed by atoms with Crippen LogP contribution in [-0.2, 0) is 4.74 Å². The van der Waals surface area contributed by atoms with E-state index in [4.69, 9.17) is 14.2 Å². The number of imidazole rings is 1. The first kappa shape index (κ1) is 17.5. The van der Waals surface area contributed by atoms with E-state index in [0.717, 1.165) is 0 Å². The van der Waals surface area contributed by atoms with E-state index in [0.29, 0.717) is 49.0 Å². The molecule has 2 aliphatic rings. The van der Waals surface area contributed by atoms with Gasteiger partial charge in [0.15, 0.2) is 17.2 Å². The van der Waals surface area contributed by atoms with E-state index in [2.05, 4.69) is 10.3 Å². The third-order valence-corrected chi connectivity index (χ3v) is 4.88. The number of amides is 2. The van der Waals surface area contributed by atoms with Gasteiger partial charge >= 0.3 is 0 Å². The van der Waals surface area contributed by atoms with Crippen LogP contribution in [-0.4, -0.2) is 59.2 Å². The molecule has 0 aliphatic carbocycles. The molecule has 1 aromatic carbocycles. The van der Waals surface area contributed by atoms with E-state index in [1.165, 1.54) is 0 Å². The Kier molecular flexibility index (Phi) is 4.28. The SMILES string of the molecule is O=C(Nc1ccc2c(c1)OCO2)c1nc(C(=O)N2CCOCC2)n2ccccc12. The number of pyridine rings is 1. The molecule has 4 heterocycles. The number of fused-ring (bicyclic) bond motifs is 2. The van der Waals surface area contributed by atoms with Crippen molar-refractivity contribution in [3.05, 3.63) is 54.1 Å². The maximum atomic E-state index is 13.0. The fourth-order valence-corrected chi connectivity index (χ4v) is 3.43. The Bertz CT molecular complexity index is 1100. The third-order valence-electron chi connectivity index (χ3n) is 4.88. The number of hydrogen-bond donors (Lipinski definition) is 1. The molecule has 0 unspecified atom stereocenters. The van der Waals surface area contributed by atoms with Gasteiger partial charge in [-0.05, 0) is 24.3 Å². The van der Waals surface area contributed by atoms with Crippen molar-refractivity contribution in [3.8, 4) is 11.5 Å². The molecule has 9 nitrogen and oxygen atoms in total. The first-order valence-corrected chi connectivity index (χ1v) is 9.26. The molecular formula is C20H18N4O5. The molecule has 0 atom stereocenters. The van der Waals surface area contributed by atoms with Crippen LogP contribution in [0.15, 0.2) is 42.6 Å². The molecule has 148 valence electrons. The second kappa shape index (κ2) is 7.10. The van der Waals surface area contributed by atoms with Crippen molar-refractivity contribution in [3.63, 3.8) is 0 Å². The molecule has 1 N–H and O–H groups in total. The van der Waals surface area contributed by atoms with Gasteiger partial charge in [-0.25, -0.2) is 4.98 Å². The largest absolute Gasteiger partial charge is 0.454 e. The van der Waals surface area contributed by atoms with Gasteiger partial charge in [0.2, 0.25) is 12.6 Å². The summed E-state index contributed by atoms with van der Waals surface area (Å²) in [5.74, 6) is 0.776. The highest BCUT2D eigenvalue weighted by molar-refractivity contribution is 6.09. The van der Waals surface area contributed by atoms with Gasteiger partial charge in [-0.15, -0.1) is 0 Å². The molecule has 0 saturated carbocycles. The lowest BCUT2D eigenvalue weighted by Gasteiger charge is -2.26. The van der Waals surface area contributed by atoms with Gasteiger partial charge in [-0.1, -0.05) is 6.07 Å². The van der Waals surface area contributed by atoms with Crippen molar-refractivity contribution in [1.29, 1.82) is 0 Å². The Morgan fingerprint density at radius 2 is 1.86 bits per heavy atom. The fraction of sp³-hybridized carbons (Fsp3) is 0.250. The number of ether oxygens (including phenoxy) is 3. The standard InChI is InChI=1S/C20H18N4O5/c25-19(21-13-4-5-15-16(11-13)29-12-28-15)17-14-3-1-2-6-24(14)18(22-17)20(26)23-7-9-27-10-8-23/h1-6,11H,7-10,12H2,(H,21,25). The number of nitrogens with zero attached hydrogens (tertiary/aromatic N) is 3. The van der Waals surface area contributed by atoms with Gasteiger partial charge < -0.3 is 24.4 Å². The minimum absolute atomic E-state index is 0.158. The first-order valence-electron chi connectivity index (χ1n) is 9.26. The topological polar surface area (TPSA) is 94.4 Å². The van der Waals surface area contributed by atoms with Gasteiger partial charge in [-0.3, -0.25) is 14.0 Å². The highest BCUT2D eigenvalue weighted by Gasteiger charge is 2.26. The zero-order chi connectivity index (χ0) is 19.8. The molecule has 0 spiro atoms. The van der Waals surface area contributed by atoms with E-state index in [1.807, 2.05) is 0 Å². The summed E-state index contributed by atoms with van der Waals surface area (Å²) in [6.45, 7) is 2.14. The van der Waals surface area contributed by atoms with Crippen molar-refractivity contribution in [2.75, 3.05) is 38.4 Å². The Morgan fingerprint density at radius 1 is 1.03 bits per heavy atom. The lowest BCUT2D eigenvalue weighted by atomic mass is 10.2. The molecule has 3 aromatic rings. The number of carbonyl (C=O) groups excluding carboxylic acids is 2. The Balaban J connectivity index is 1.46. The number of nitrogens with one attached hydrogen (secondary N) is 1. The van der Waals surface area contributed by atoms with E-state index in [1.54, 1.807) is 51.9 Å². The van der Waals surface area contributed by atoms with Crippen molar-refractivity contribution in [1.82, 2.24) is 14.3 Å². The highest BCUT2D eigenvalue weighted by atomic mass is 16.7. The first-order chi connectivity index (χ1) is 14.2. The zero-order valence-electron chi connectivity index (χ0n) is 15.5. The zero-order valence-corrected chi connectivity index (χ0v) is 15.5. The number of rotatable bonds is 3. The predicted octanol–water partition coefficient (Wildman–Crippen LogP) is 1.79. The molecule has 2 aliphatic heterocycles. The fourth-order valence-electron chi connectivity index (χ4n) is 3.43. The molecule has 5 rings (SSSR count). The third kappa shape index (κ3) is 3.15. The molecule has 2 aromatic heterocycles. The lowest BCUT2D eigenvalue weighted by Crippen LogP contribution is -2.41. The second-order valence-electron chi connectivity index (χ2n) is 6.67. The van der Waals surface area contributed by atoms with E-state index in [9.17, 15) is 9.59 Å². The summed E-state index contributed by atoms with van der Waals surface area (Å²) in [5, 5.41) is 2.82. The monoisotopic (exact) mass is 394 g/mol. The van der Waals surface area contributed by atoms with E-state index < -0.39 is 5.91 Å². The van der Waals surface area contributed by atoms with Crippen LogP contribution in [0.2, 0.25) is 0 Å². The molecule has 0 radical (unpaired) electrons. The van der Waals surface area contributed by atoms with E-state index in [-0.39, 0.29) is 24.2 Å². The minimum Gasteiger partial charge on any atom is -0.454 e. The normalized spacial score (nSPS) is 15.5. The van der Waals surface area contributed by atoms with Gasteiger partial charge in [0.1, 0.15) is 0 Å². The summed E-state index contributed by atoms with van der Waals surface area (Å²) in [5.41, 5.74) is 1.29. The predicted molar refractivity (Wildman–Crippen MR) is 102 cm³/mol. The van der Waals surface area contributed by atoms with Crippen LogP contribution in [0.5, 0.6) is 11.5 Å². The number of morpholine rings is 1. The van der Waals surface area contributed by atoms with Gasteiger partial charge in [0.05, 0.1) is 18.7 Å². The van der Waals surface area contributed by atoms with Gasteiger partial charge in [0, 0.05) is 31.0 Å². The number of hydrogen-bond acceptors (Lipinski definition) is 6. The average Bonchev–Trinajstić information content (AvgIpc) is 3.38. The molecule has 29 heavy (non-hydrogen) atoms. The molecule has 9 heteroatoms. The van der Waals surface area contributed by atoms with Crippen LogP contribution in [0.3, 0.4) is 0 Å². The molecule has 2 amide bonds. The van der Waals surface area contributed by atoms with Crippen molar-refractivity contribution in [2.24, 2.45) is 0 Å². The quantitative estimate of drug-likeness (QED) is 0.728. The number of anilines is 1. The average molecular weight is 394 g/mol. The van der Waals surface area contributed by atoms with Crippen LogP contribution < -0.4 is 14.8 Å². The minimum atomic E-state index is -0.409. The summed E-state index contributed by atoms with van der Waals surface area (Å²) in [4.78, 5) is 32.0. The smallest absolute Gasteiger partial charge is 0.290 e. The summed E-state index contributed by atoms with van der Waals surface area (Å²) in [7, 11) is 0. The van der Waals surface area contributed by atoms with Crippen molar-refractivity contribution < 1.29 is 23.8 Å². The van der Waals surface area contributed by atoms with Crippen molar-refractivity contribution >= 4 is 23.0 Å².